The minimum absolute atomic E-state index is 0.0516. The van der Waals surface area contributed by atoms with E-state index in [9.17, 15) is 14.7 Å². The Bertz CT molecular complexity index is 911. The van der Waals surface area contributed by atoms with Crippen molar-refractivity contribution in [2.45, 2.75) is 6.92 Å². The molecule has 5 nitrogen and oxygen atoms in total. The summed E-state index contributed by atoms with van der Waals surface area (Å²) in [5.74, 6) is -0.915. The van der Waals surface area contributed by atoms with Crippen molar-refractivity contribution in [2.75, 3.05) is 5.32 Å². The summed E-state index contributed by atoms with van der Waals surface area (Å²) < 4.78 is 0. The van der Waals surface area contributed by atoms with Crippen LogP contribution in [0.1, 0.15) is 15.9 Å². The summed E-state index contributed by atoms with van der Waals surface area (Å²) >= 11 is 0. The van der Waals surface area contributed by atoms with E-state index in [1.165, 1.54) is 0 Å². The lowest BCUT2D eigenvalue weighted by Crippen LogP contribution is -2.17. The molecule has 110 valence electrons. The zero-order valence-electron chi connectivity index (χ0n) is 11.9. The van der Waals surface area contributed by atoms with Crippen molar-refractivity contribution in [3.8, 4) is 5.88 Å². The van der Waals surface area contributed by atoms with Crippen molar-refractivity contribution >= 4 is 22.4 Å². The Morgan fingerprint density at radius 3 is 2.36 bits per heavy atom. The number of aromatic amines is 1. The monoisotopic (exact) mass is 294 g/mol. The fourth-order valence-corrected chi connectivity index (χ4v) is 2.32. The first-order valence-corrected chi connectivity index (χ1v) is 6.78. The van der Waals surface area contributed by atoms with Gasteiger partial charge in [0, 0.05) is 16.5 Å². The van der Waals surface area contributed by atoms with Gasteiger partial charge in [0.05, 0.1) is 0 Å². The average molecular weight is 294 g/mol. The van der Waals surface area contributed by atoms with Gasteiger partial charge in [-0.2, -0.15) is 0 Å². The largest absolute Gasteiger partial charge is 0.494 e. The number of anilines is 1. The molecular weight excluding hydrogens is 280 g/mol. The van der Waals surface area contributed by atoms with E-state index in [0.29, 0.717) is 16.5 Å². The highest BCUT2D eigenvalue weighted by atomic mass is 16.3. The van der Waals surface area contributed by atoms with E-state index < -0.39 is 17.3 Å². The number of nitrogens with one attached hydrogen (secondary N) is 2. The molecule has 0 spiro atoms. The van der Waals surface area contributed by atoms with Gasteiger partial charge in [0.1, 0.15) is 5.56 Å². The number of carbonyl (C=O) groups excluding carboxylic acids is 1. The Morgan fingerprint density at radius 2 is 1.68 bits per heavy atom. The van der Waals surface area contributed by atoms with Crippen LogP contribution in [0.15, 0.2) is 53.3 Å². The second-order valence-corrected chi connectivity index (χ2v) is 5.04. The topological polar surface area (TPSA) is 82.2 Å². The van der Waals surface area contributed by atoms with Crippen LogP contribution in [0, 0.1) is 6.92 Å². The number of aromatic nitrogens is 1. The summed E-state index contributed by atoms with van der Waals surface area (Å²) in [6.07, 6.45) is 0. The zero-order chi connectivity index (χ0) is 15.7. The minimum Gasteiger partial charge on any atom is -0.494 e. The molecule has 3 rings (SSSR count). The number of pyridine rings is 1. The first kappa shape index (κ1) is 13.9. The van der Waals surface area contributed by atoms with Gasteiger partial charge in [0.25, 0.3) is 11.5 Å². The van der Waals surface area contributed by atoms with Crippen LogP contribution in [0.2, 0.25) is 0 Å². The molecular formula is C17H14N2O3. The molecule has 0 saturated heterocycles. The Kier molecular flexibility index (Phi) is 3.39. The lowest BCUT2D eigenvalue weighted by molar-refractivity contribution is 0.102. The number of benzene rings is 2. The molecule has 3 aromatic rings. The number of amides is 1. The Balaban J connectivity index is 2.07. The second-order valence-electron chi connectivity index (χ2n) is 5.04. The highest BCUT2D eigenvalue weighted by Gasteiger charge is 2.17. The highest BCUT2D eigenvalue weighted by molar-refractivity contribution is 6.14. The molecule has 22 heavy (non-hydrogen) atoms. The zero-order valence-corrected chi connectivity index (χ0v) is 11.9. The quantitative estimate of drug-likeness (QED) is 0.679. The van der Waals surface area contributed by atoms with E-state index in [-0.39, 0.29) is 5.56 Å². The Labute approximate surface area is 126 Å². The van der Waals surface area contributed by atoms with E-state index in [4.69, 9.17) is 0 Å². The Morgan fingerprint density at radius 1 is 1.05 bits per heavy atom. The summed E-state index contributed by atoms with van der Waals surface area (Å²) in [6.45, 7) is 1.95. The molecule has 0 unspecified atom stereocenters. The van der Waals surface area contributed by atoms with Gasteiger partial charge in [0.15, 0.2) is 0 Å². The van der Waals surface area contributed by atoms with Gasteiger partial charge in [-0.3, -0.25) is 14.6 Å². The van der Waals surface area contributed by atoms with Crippen LogP contribution in [0.4, 0.5) is 5.69 Å². The lowest BCUT2D eigenvalue weighted by Gasteiger charge is -2.09. The maximum Gasteiger partial charge on any atom is 0.261 e. The molecule has 0 aliphatic carbocycles. The van der Waals surface area contributed by atoms with Gasteiger partial charge in [-0.1, -0.05) is 35.9 Å². The van der Waals surface area contributed by atoms with E-state index in [2.05, 4.69) is 10.3 Å². The summed E-state index contributed by atoms with van der Waals surface area (Å²) in [7, 11) is 0. The van der Waals surface area contributed by atoms with Crippen molar-refractivity contribution in [2.24, 2.45) is 0 Å². The second kappa shape index (κ2) is 5.37. The third kappa shape index (κ3) is 2.44. The fourth-order valence-electron chi connectivity index (χ4n) is 2.32. The molecule has 2 aromatic carbocycles. The van der Waals surface area contributed by atoms with E-state index >= 15 is 0 Å². The normalized spacial score (nSPS) is 10.6. The highest BCUT2D eigenvalue weighted by Crippen LogP contribution is 2.23. The molecule has 0 radical (unpaired) electrons. The molecule has 1 aromatic heterocycles. The molecule has 1 heterocycles. The van der Waals surface area contributed by atoms with E-state index in [1.54, 1.807) is 36.4 Å². The summed E-state index contributed by atoms with van der Waals surface area (Å²) in [5, 5.41) is 13.4. The van der Waals surface area contributed by atoms with Gasteiger partial charge in [-0.05, 0) is 25.1 Å². The Hall–Kier alpha value is -3.08. The maximum atomic E-state index is 12.5. The number of carbonyl (C=O) groups is 1. The molecule has 0 aliphatic heterocycles. The standard InChI is InChI=1S/C17H14N2O3/c1-10-6-8-11(9-7-10)18-16(21)14-12-4-2-3-5-13(12)15(20)19-17(14)22/h2-9H,1H3,(H,18,21)(H2,19,20,22). The molecule has 0 atom stereocenters. The SMILES string of the molecule is Cc1ccc(NC(=O)c2c(O)[nH]c(=O)c3ccccc23)cc1. The van der Waals surface area contributed by atoms with Gasteiger partial charge < -0.3 is 10.4 Å². The third-order valence-electron chi connectivity index (χ3n) is 3.45. The van der Waals surface area contributed by atoms with E-state index in [1.807, 2.05) is 19.1 Å². The van der Waals surface area contributed by atoms with E-state index in [0.717, 1.165) is 5.56 Å². The van der Waals surface area contributed by atoms with Crippen LogP contribution in [-0.4, -0.2) is 16.0 Å². The molecule has 0 fully saturated rings. The van der Waals surface area contributed by atoms with Gasteiger partial charge in [0.2, 0.25) is 5.88 Å². The molecule has 5 heteroatoms. The van der Waals surface area contributed by atoms with Crippen LogP contribution in [0.3, 0.4) is 0 Å². The average Bonchev–Trinajstić information content (AvgIpc) is 2.49. The van der Waals surface area contributed by atoms with Crippen molar-refractivity contribution < 1.29 is 9.90 Å². The van der Waals surface area contributed by atoms with Crippen molar-refractivity contribution in [3.63, 3.8) is 0 Å². The first-order chi connectivity index (χ1) is 10.6. The number of hydrogen-bond acceptors (Lipinski definition) is 3. The fraction of sp³-hybridized carbons (Fsp3) is 0.0588. The molecule has 1 amide bonds. The molecule has 0 bridgehead atoms. The number of rotatable bonds is 2. The molecule has 0 aliphatic rings. The number of fused-ring (bicyclic) bond motifs is 1. The molecule has 0 saturated carbocycles. The van der Waals surface area contributed by atoms with Crippen LogP contribution < -0.4 is 10.9 Å². The third-order valence-corrected chi connectivity index (χ3v) is 3.45. The molecule has 3 N–H and O–H groups in total. The van der Waals surface area contributed by atoms with Crippen molar-refractivity contribution in [1.82, 2.24) is 4.98 Å². The number of H-pyrrole nitrogens is 1. The number of aromatic hydroxyl groups is 1. The predicted molar refractivity (Wildman–Crippen MR) is 85.4 cm³/mol. The minimum atomic E-state index is -0.478. The van der Waals surface area contributed by atoms with Gasteiger partial charge >= 0.3 is 0 Å². The summed E-state index contributed by atoms with van der Waals surface area (Å²) in [5.41, 5.74) is 1.32. The first-order valence-electron chi connectivity index (χ1n) is 6.78. The van der Waals surface area contributed by atoms with Crippen LogP contribution in [-0.2, 0) is 0 Å². The van der Waals surface area contributed by atoms with Crippen LogP contribution in [0.5, 0.6) is 5.88 Å². The van der Waals surface area contributed by atoms with Crippen molar-refractivity contribution in [3.05, 3.63) is 70.0 Å². The summed E-state index contributed by atoms with van der Waals surface area (Å²) in [6, 6.07) is 14.0. The number of hydrogen-bond donors (Lipinski definition) is 3. The lowest BCUT2D eigenvalue weighted by atomic mass is 10.1. The number of aryl methyl sites for hydroxylation is 1. The van der Waals surface area contributed by atoms with Crippen LogP contribution >= 0.6 is 0 Å². The van der Waals surface area contributed by atoms with Gasteiger partial charge in [-0.15, -0.1) is 0 Å². The predicted octanol–water partition coefficient (Wildman–Crippen LogP) is 2.79. The van der Waals surface area contributed by atoms with Gasteiger partial charge in [-0.25, -0.2) is 0 Å². The maximum absolute atomic E-state index is 12.5. The smallest absolute Gasteiger partial charge is 0.261 e. The van der Waals surface area contributed by atoms with Crippen LogP contribution in [0.25, 0.3) is 10.8 Å². The van der Waals surface area contributed by atoms with Crippen molar-refractivity contribution in [1.29, 1.82) is 0 Å². The summed E-state index contributed by atoms with van der Waals surface area (Å²) in [4.78, 5) is 26.6.